The summed E-state index contributed by atoms with van der Waals surface area (Å²) in [5, 5.41) is 3.94. The maximum Gasteiger partial charge on any atom is 0.318 e. The number of carbonyl (C=O) groups is 1. The highest BCUT2D eigenvalue weighted by Crippen LogP contribution is 2.30. The molecule has 1 aromatic heterocycles. The molecule has 0 fully saturated rings. The van der Waals surface area contributed by atoms with Crippen molar-refractivity contribution in [2.75, 3.05) is 20.4 Å². The molecule has 1 heterocycles. The fourth-order valence-corrected chi connectivity index (χ4v) is 3.28. The van der Waals surface area contributed by atoms with E-state index < -0.39 is 0 Å². The highest BCUT2D eigenvalue weighted by atomic mass is 32.2. The summed E-state index contributed by atoms with van der Waals surface area (Å²) < 4.78 is 11.2. The molecule has 2 amide bonds. The third-order valence-corrected chi connectivity index (χ3v) is 5.18. The molecule has 0 aliphatic carbocycles. The number of carbonyl (C=O) groups excluding carboxylic acids is 1. The average Bonchev–Trinajstić information content (AvgIpc) is 3.13. The largest absolute Gasteiger partial charge is 0.493 e. The number of fused-ring (bicyclic) bond motifs is 1. The van der Waals surface area contributed by atoms with Crippen molar-refractivity contribution in [1.29, 1.82) is 0 Å². The van der Waals surface area contributed by atoms with Crippen molar-refractivity contribution in [3.05, 3.63) is 59.9 Å². The first-order valence-corrected chi connectivity index (χ1v) is 9.95. The van der Waals surface area contributed by atoms with E-state index in [1.54, 1.807) is 30.8 Å². The first-order valence-electron chi connectivity index (χ1n) is 8.73. The standard InChI is InChI=1S/C21H24N2O3S/c1-14(19-12-16-6-5-7-18(25-3)20(16)26-19)22-21(24)23(2)13-15-8-10-17(27-4)11-9-15/h5-12,14H,13H2,1-4H3,(H,22,24). The maximum absolute atomic E-state index is 12.5. The van der Waals surface area contributed by atoms with Crippen LogP contribution in [0, 0.1) is 0 Å². The zero-order valence-electron chi connectivity index (χ0n) is 16.0. The van der Waals surface area contributed by atoms with Crippen LogP contribution in [-0.2, 0) is 6.54 Å². The minimum absolute atomic E-state index is 0.149. The summed E-state index contributed by atoms with van der Waals surface area (Å²) in [7, 11) is 3.40. The van der Waals surface area contributed by atoms with Crippen molar-refractivity contribution in [2.24, 2.45) is 0 Å². The molecule has 0 aliphatic heterocycles. The Balaban J connectivity index is 1.65. The number of nitrogens with zero attached hydrogens (tertiary/aromatic N) is 1. The smallest absolute Gasteiger partial charge is 0.318 e. The molecule has 142 valence electrons. The Kier molecular flexibility index (Phi) is 5.96. The molecule has 0 radical (unpaired) electrons. The Morgan fingerprint density at radius 1 is 1.26 bits per heavy atom. The summed E-state index contributed by atoms with van der Waals surface area (Å²) in [6.07, 6.45) is 2.05. The number of hydrogen-bond acceptors (Lipinski definition) is 4. The molecule has 0 aliphatic rings. The Hall–Kier alpha value is -2.60. The van der Waals surface area contributed by atoms with E-state index in [0.29, 0.717) is 23.6 Å². The first-order chi connectivity index (χ1) is 13.0. The van der Waals surface area contributed by atoms with Gasteiger partial charge in [-0.2, -0.15) is 0 Å². The quantitative estimate of drug-likeness (QED) is 0.603. The van der Waals surface area contributed by atoms with Gasteiger partial charge in [-0.05, 0) is 43.0 Å². The second kappa shape index (κ2) is 8.39. The molecule has 6 heteroatoms. The fourth-order valence-electron chi connectivity index (χ4n) is 2.87. The highest BCUT2D eigenvalue weighted by molar-refractivity contribution is 7.98. The Bertz CT molecular complexity index is 921. The second-order valence-corrected chi connectivity index (χ2v) is 7.28. The molecule has 1 unspecified atom stereocenters. The van der Waals surface area contributed by atoms with Crippen LogP contribution in [0.2, 0.25) is 0 Å². The molecule has 0 saturated carbocycles. The van der Waals surface area contributed by atoms with Crippen LogP contribution in [0.1, 0.15) is 24.3 Å². The van der Waals surface area contributed by atoms with E-state index in [2.05, 4.69) is 17.4 Å². The van der Waals surface area contributed by atoms with Crippen LogP contribution in [-0.4, -0.2) is 31.3 Å². The summed E-state index contributed by atoms with van der Waals surface area (Å²) >= 11 is 1.70. The summed E-state index contributed by atoms with van der Waals surface area (Å²) in [4.78, 5) is 15.4. The Morgan fingerprint density at radius 3 is 2.67 bits per heavy atom. The third kappa shape index (κ3) is 4.39. The van der Waals surface area contributed by atoms with Crippen LogP contribution in [0.4, 0.5) is 4.79 Å². The lowest BCUT2D eigenvalue weighted by molar-refractivity contribution is 0.202. The summed E-state index contributed by atoms with van der Waals surface area (Å²) in [5.74, 6) is 1.38. The molecule has 1 N–H and O–H groups in total. The lowest BCUT2D eigenvalue weighted by Gasteiger charge is -2.20. The number of urea groups is 1. The molecule has 0 bridgehead atoms. The van der Waals surface area contributed by atoms with Gasteiger partial charge in [0.05, 0.1) is 13.2 Å². The number of ether oxygens (including phenoxy) is 1. The van der Waals surface area contributed by atoms with E-state index in [9.17, 15) is 4.79 Å². The van der Waals surface area contributed by atoms with Crippen LogP contribution in [0.5, 0.6) is 5.75 Å². The zero-order chi connectivity index (χ0) is 19.4. The van der Waals surface area contributed by atoms with Gasteiger partial charge in [0.15, 0.2) is 11.3 Å². The van der Waals surface area contributed by atoms with E-state index in [4.69, 9.17) is 9.15 Å². The molecule has 3 rings (SSSR count). The summed E-state index contributed by atoms with van der Waals surface area (Å²) in [6, 6.07) is 15.5. The van der Waals surface area contributed by atoms with Gasteiger partial charge in [-0.15, -0.1) is 11.8 Å². The van der Waals surface area contributed by atoms with Gasteiger partial charge in [-0.1, -0.05) is 24.3 Å². The molecular weight excluding hydrogens is 360 g/mol. The molecule has 5 nitrogen and oxygen atoms in total. The van der Waals surface area contributed by atoms with Gasteiger partial charge in [0.2, 0.25) is 0 Å². The molecule has 27 heavy (non-hydrogen) atoms. The number of benzene rings is 2. The lowest BCUT2D eigenvalue weighted by atomic mass is 10.2. The van der Waals surface area contributed by atoms with Gasteiger partial charge in [0, 0.05) is 23.9 Å². The number of thioether (sulfide) groups is 1. The Morgan fingerprint density at radius 2 is 2.00 bits per heavy atom. The first kappa shape index (κ1) is 19.2. The molecule has 3 aromatic rings. The SMILES string of the molecule is COc1cccc2cc(C(C)NC(=O)N(C)Cc3ccc(SC)cc3)oc12. The van der Waals surface area contributed by atoms with Gasteiger partial charge in [0.25, 0.3) is 0 Å². The number of para-hydroxylation sites is 1. The number of hydrogen-bond donors (Lipinski definition) is 1. The van der Waals surface area contributed by atoms with Crippen LogP contribution < -0.4 is 10.1 Å². The second-order valence-electron chi connectivity index (χ2n) is 6.40. The van der Waals surface area contributed by atoms with E-state index in [1.807, 2.05) is 49.6 Å². The van der Waals surface area contributed by atoms with Crippen molar-refractivity contribution < 1.29 is 13.9 Å². The van der Waals surface area contributed by atoms with E-state index in [-0.39, 0.29) is 12.1 Å². The van der Waals surface area contributed by atoms with Gasteiger partial charge >= 0.3 is 6.03 Å². The van der Waals surface area contributed by atoms with Crippen LogP contribution in [0.15, 0.2) is 57.8 Å². The lowest BCUT2D eigenvalue weighted by Crippen LogP contribution is -2.38. The molecule has 0 saturated heterocycles. The fraction of sp³-hybridized carbons (Fsp3) is 0.286. The average molecular weight is 385 g/mol. The van der Waals surface area contributed by atoms with Gasteiger partial charge < -0.3 is 19.4 Å². The van der Waals surface area contributed by atoms with Crippen molar-refractivity contribution in [1.82, 2.24) is 10.2 Å². The summed E-state index contributed by atoms with van der Waals surface area (Å²) in [6.45, 7) is 2.45. The third-order valence-electron chi connectivity index (χ3n) is 4.44. The number of nitrogens with one attached hydrogen (secondary N) is 1. The Labute approximate surface area is 163 Å². The maximum atomic E-state index is 12.5. The number of methoxy groups -OCH3 is 1. The van der Waals surface area contributed by atoms with Crippen LogP contribution >= 0.6 is 11.8 Å². The number of furan rings is 1. The highest BCUT2D eigenvalue weighted by Gasteiger charge is 2.18. The minimum Gasteiger partial charge on any atom is -0.493 e. The van der Waals surface area contributed by atoms with E-state index in [1.165, 1.54) is 4.90 Å². The van der Waals surface area contributed by atoms with Crippen LogP contribution in [0.25, 0.3) is 11.0 Å². The predicted octanol–water partition coefficient (Wildman–Crippen LogP) is 5.07. The molecular formula is C21H24N2O3S. The zero-order valence-corrected chi connectivity index (χ0v) is 16.8. The minimum atomic E-state index is -0.254. The normalized spacial score (nSPS) is 12.0. The topological polar surface area (TPSA) is 54.7 Å². The van der Waals surface area contributed by atoms with Crippen molar-refractivity contribution in [3.8, 4) is 5.75 Å². The van der Waals surface area contributed by atoms with Crippen molar-refractivity contribution in [2.45, 2.75) is 24.4 Å². The van der Waals surface area contributed by atoms with E-state index in [0.717, 1.165) is 10.9 Å². The van der Waals surface area contributed by atoms with Gasteiger partial charge in [0.1, 0.15) is 5.76 Å². The molecule has 0 spiro atoms. The van der Waals surface area contributed by atoms with Gasteiger partial charge in [-0.3, -0.25) is 0 Å². The number of amides is 2. The van der Waals surface area contributed by atoms with Gasteiger partial charge in [-0.25, -0.2) is 4.79 Å². The molecule has 1 atom stereocenters. The van der Waals surface area contributed by atoms with Crippen molar-refractivity contribution >= 4 is 28.8 Å². The summed E-state index contributed by atoms with van der Waals surface area (Å²) in [5.41, 5.74) is 1.78. The number of rotatable bonds is 6. The monoisotopic (exact) mass is 384 g/mol. The van der Waals surface area contributed by atoms with Crippen molar-refractivity contribution in [3.63, 3.8) is 0 Å². The van der Waals surface area contributed by atoms with Crippen LogP contribution in [0.3, 0.4) is 0 Å². The predicted molar refractivity (Wildman–Crippen MR) is 109 cm³/mol. The van der Waals surface area contributed by atoms with E-state index >= 15 is 0 Å². The molecule has 2 aromatic carbocycles.